The van der Waals surface area contributed by atoms with Gasteiger partial charge in [0.25, 0.3) is 11.8 Å². The van der Waals surface area contributed by atoms with Crippen molar-refractivity contribution in [2.75, 3.05) is 23.3 Å². The third-order valence-electron chi connectivity index (χ3n) is 5.63. The summed E-state index contributed by atoms with van der Waals surface area (Å²) in [7, 11) is 0. The molecule has 1 fully saturated rings. The predicted molar refractivity (Wildman–Crippen MR) is 125 cm³/mol. The molecule has 0 aromatic heterocycles. The van der Waals surface area contributed by atoms with Crippen LogP contribution in [0.3, 0.4) is 0 Å². The number of nitrogens with zero attached hydrogens (tertiary/aromatic N) is 1. The zero-order valence-corrected chi connectivity index (χ0v) is 17.7. The fourth-order valence-corrected chi connectivity index (χ4v) is 3.92. The molecule has 158 valence electrons. The van der Waals surface area contributed by atoms with Crippen LogP contribution in [0, 0.1) is 0 Å². The summed E-state index contributed by atoms with van der Waals surface area (Å²) in [6.45, 7) is 3.85. The monoisotopic (exact) mass is 413 g/mol. The lowest BCUT2D eigenvalue weighted by Crippen LogP contribution is -2.29. The van der Waals surface area contributed by atoms with Gasteiger partial charge in [-0.1, -0.05) is 48.5 Å². The SMILES string of the molecule is C[C@H](NC(=O)c1cc(NC(=O)c2ccccc2)ccc1N1CCCC1)c1ccccc1. The fourth-order valence-electron chi connectivity index (χ4n) is 3.92. The van der Waals surface area contributed by atoms with Crippen molar-refractivity contribution in [3.05, 3.63) is 95.6 Å². The number of hydrogen-bond donors (Lipinski definition) is 2. The average molecular weight is 414 g/mol. The third kappa shape index (κ3) is 4.94. The van der Waals surface area contributed by atoms with Crippen molar-refractivity contribution in [2.45, 2.75) is 25.8 Å². The maximum atomic E-state index is 13.3. The van der Waals surface area contributed by atoms with Crippen molar-refractivity contribution in [3.63, 3.8) is 0 Å². The van der Waals surface area contributed by atoms with Crippen LogP contribution >= 0.6 is 0 Å². The van der Waals surface area contributed by atoms with E-state index in [1.165, 1.54) is 0 Å². The summed E-state index contributed by atoms with van der Waals surface area (Å²) < 4.78 is 0. The van der Waals surface area contributed by atoms with Crippen LogP contribution in [-0.2, 0) is 0 Å². The minimum absolute atomic E-state index is 0.123. The molecule has 1 saturated heterocycles. The zero-order chi connectivity index (χ0) is 21.6. The van der Waals surface area contributed by atoms with Gasteiger partial charge in [-0.05, 0) is 55.7 Å². The van der Waals surface area contributed by atoms with E-state index in [0.29, 0.717) is 16.8 Å². The maximum absolute atomic E-state index is 13.3. The Labute approximate surface area is 183 Å². The van der Waals surface area contributed by atoms with E-state index in [1.54, 1.807) is 18.2 Å². The van der Waals surface area contributed by atoms with E-state index in [-0.39, 0.29) is 17.9 Å². The van der Waals surface area contributed by atoms with Gasteiger partial charge >= 0.3 is 0 Å². The van der Waals surface area contributed by atoms with E-state index in [9.17, 15) is 9.59 Å². The largest absolute Gasteiger partial charge is 0.371 e. The van der Waals surface area contributed by atoms with E-state index >= 15 is 0 Å². The van der Waals surface area contributed by atoms with Crippen LogP contribution in [0.25, 0.3) is 0 Å². The summed E-state index contributed by atoms with van der Waals surface area (Å²) in [6.07, 6.45) is 2.24. The number of carbonyl (C=O) groups is 2. The van der Waals surface area contributed by atoms with Crippen LogP contribution in [0.1, 0.15) is 52.1 Å². The molecule has 1 atom stereocenters. The summed E-state index contributed by atoms with van der Waals surface area (Å²) >= 11 is 0. The van der Waals surface area contributed by atoms with E-state index < -0.39 is 0 Å². The minimum Gasteiger partial charge on any atom is -0.371 e. The molecule has 5 heteroatoms. The Bertz CT molecular complexity index is 1040. The lowest BCUT2D eigenvalue weighted by Gasteiger charge is -2.23. The molecule has 4 rings (SSSR count). The highest BCUT2D eigenvalue weighted by atomic mass is 16.2. The molecule has 1 aliphatic rings. The Morgan fingerprint density at radius 2 is 1.48 bits per heavy atom. The second-order valence-electron chi connectivity index (χ2n) is 7.85. The second-order valence-corrected chi connectivity index (χ2v) is 7.85. The first-order chi connectivity index (χ1) is 15.1. The lowest BCUT2D eigenvalue weighted by atomic mass is 10.1. The second kappa shape index (κ2) is 9.47. The Hall–Kier alpha value is -3.60. The van der Waals surface area contributed by atoms with Gasteiger partial charge in [-0.15, -0.1) is 0 Å². The van der Waals surface area contributed by atoms with Crippen LogP contribution in [0.4, 0.5) is 11.4 Å². The minimum atomic E-state index is -0.196. The molecule has 31 heavy (non-hydrogen) atoms. The molecule has 2 N–H and O–H groups in total. The van der Waals surface area contributed by atoms with Gasteiger partial charge in [0, 0.05) is 30.0 Å². The molecule has 0 bridgehead atoms. The molecule has 0 spiro atoms. The molecule has 1 aliphatic heterocycles. The van der Waals surface area contributed by atoms with Gasteiger partial charge in [-0.25, -0.2) is 0 Å². The Morgan fingerprint density at radius 3 is 2.16 bits per heavy atom. The van der Waals surface area contributed by atoms with Gasteiger partial charge in [-0.2, -0.15) is 0 Å². The van der Waals surface area contributed by atoms with E-state index in [1.807, 2.05) is 67.6 Å². The van der Waals surface area contributed by atoms with Crippen molar-refractivity contribution >= 4 is 23.2 Å². The predicted octanol–water partition coefficient (Wildman–Crippen LogP) is 5.03. The zero-order valence-electron chi connectivity index (χ0n) is 17.7. The van der Waals surface area contributed by atoms with Crippen molar-refractivity contribution in [3.8, 4) is 0 Å². The van der Waals surface area contributed by atoms with Crippen molar-refractivity contribution in [1.29, 1.82) is 0 Å². The summed E-state index contributed by atoms with van der Waals surface area (Å²) in [5.74, 6) is -0.340. The van der Waals surface area contributed by atoms with E-state index in [4.69, 9.17) is 0 Å². The smallest absolute Gasteiger partial charge is 0.255 e. The molecule has 0 radical (unpaired) electrons. The molecule has 0 unspecified atom stereocenters. The highest BCUT2D eigenvalue weighted by Gasteiger charge is 2.22. The van der Waals surface area contributed by atoms with E-state index in [2.05, 4.69) is 15.5 Å². The van der Waals surface area contributed by atoms with Gasteiger partial charge in [0.2, 0.25) is 0 Å². The molecule has 1 heterocycles. The molecule has 3 aromatic rings. The highest BCUT2D eigenvalue weighted by molar-refractivity contribution is 6.06. The number of anilines is 2. The van der Waals surface area contributed by atoms with Gasteiger partial charge < -0.3 is 15.5 Å². The van der Waals surface area contributed by atoms with Crippen LogP contribution in [-0.4, -0.2) is 24.9 Å². The molecular formula is C26H27N3O2. The van der Waals surface area contributed by atoms with Gasteiger partial charge in [0.05, 0.1) is 11.6 Å². The molecular weight excluding hydrogens is 386 g/mol. The molecule has 3 aromatic carbocycles. The molecule has 0 saturated carbocycles. The summed E-state index contributed by atoms with van der Waals surface area (Å²) in [4.78, 5) is 28.1. The summed E-state index contributed by atoms with van der Waals surface area (Å²) in [5.41, 5.74) is 3.72. The van der Waals surface area contributed by atoms with E-state index in [0.717, 1.165) is 37.2 Å². The topological polar surface area (TPSA) is 61.4 Å². The van der Waals surface area contributed by atoms with Crippen LogP contribution in [0.5, 0.6) is 0 Å². The van der Waals surface area contributed by atoms with Crippen molar-refractivity contribution < 1.29 is 9.59 Å². The first-order valence-corrected chi connectivity index (χ1v) is 10.7. The molecule has 5 nitrogen and oxygen atoms in total. The van der Waals surface area contributed by atoms with Gasteiger partial charge in [-0.3, -0.25) is 9.59 Å². The van der Waals surface area contributed by atoms with Crippen LogP contribution in [0.15, 0.2) is 78.9 Å². The van der Waals surface area contributed by atoms with Gasteiger partial charge in [0.15, 0.2) is 0 Å². The maximum Gasteiger partial charge on any atom is 0.255 e. The molecule has 2 amide bonds. The first-order valence-electron chi connectivity index (χ1n) is 10.7. The highest BCUT2D eigenvalue weighted by Crippen LogP contribution is 2.28. The quantitative estimate of drug-likeness (QED) is 0.596. The number of benzene rings is 3. The van der Waals surface area contributed by atoms with Crippen molar-refractivity contribution in [1.82, 2.24) is 5.32 Å². The Morgan fingerprint density at radius 1 is 0.839 bits per heavy atom. The normalized spacial score (nSPS) is 14.2. The number of amides is 2. The standard InChI is InChI=1S/C26H27N3O2/c1-19(20-10-4-2-5-11-20)27-26(31)23-18-22(14-15-24(23)29-16-8-9-17-29)28-25(30)21-12-6-3-7-13-21/h2-7,10-15,18-19H,8-9,16-17H2,1H3,(H,27,31)(H,28,30)/t19-/m0/s1. The van der Waals surface area contributed by atoms with Crippen LogP contribution in [0.2, 0.25) is 0 Å². The lowest BCUT2D eigenvalue weighted by molar-refractivity contribution is 0.0939. The van der Waals surface area contributed by atoms with Crippen LogP contribution < -0.4 is 15.5 Å². The number of nitrogens with one attached hydrogen (secondary N) is 2. The molecule has 0 aliphatic carbocycles. The van der Waals surface area contributed by atoms with Gasteiger partial charge in [0.1, 0.15) is 0 Å². The summed E-state index contributed by atoms with van der Waals surface area (Å²) in [5, 5.41) is 6.03. The first kappa shape index (κ1) is 20.7. The third-order valence-corrected chi connectivity index (χ3v) is 5.63. The average Bonchev–Trinajstić information content (AvgIpc) is 3.35. The Kier molecular flexibility index (Phi) is 6.32. The summed E-state index contributed by atoms with van der Waals surface area (Å²) in [6, 6.07) is 24.4. The Balaban J connectivity index is 1.59. The number of carbonyl (C=O) groups excluding carboxylic acids is 2. The van der Waals surface area contributed by atoms with Crippen molar-refractivity contribution in [2.24, 2.45) is 0 Å². The fraction of sp³-hybridized carbons (Fsp3) is 0.231. The number of rotatable bonds is 6. The number of hydrogen-bond acceptors (Lipinski definition) is 3.